The van der Waals surface area contributed by atoms with Crippen LogP contribution in [0.4, 0.5) is 0 Å². The zero-order chi connectivity index (χ0) is 58.4. The van der Waals surface area contributed by atoms with Gasteiger partial charge in [0.1, 0.15) is 13.2 Å². The molecular weight excluding hydrogens is 1010 g/mol. The van der Waals surface area contributed by atoms with Gasteiger partial charge in [0, 0.05) is 6.42 Å². The molecule has 0 fully saturated rings. The van der Waals surface area contributed by atoms with Crippen molar-refractivity contribution in [1.82, 2.24) is 5.32 Å². The molecule has 1 amide bonds. The van der Waals surface area contributed by atoms with Gasteiger partial charge in [-0.05, 0) is 57.8 Å². The van der Waals surface area contributed by atoms with Gasteiger partial charge >= 0.3 is 7.82 Å². The molecule has 0 aliphatic rings. The molecule has 0 bridgehead atoms. The first kappa shape index (κ1) is 78.7. The summed E-state index contributed by atoms with van der Waals surface area (Å²) in [7, 11) is 1.57. The average Bonchev–Trinajstić information content (AvgIpc) is 3.42. The van der Waals surface area contributed by atoms with Crippen molar-refractivity contribution in [2.75, 3.05) is 40.9 Å². The van der Waals surface area contributed by atoms with E-state index in [0.29, 0.717) is 17.4 Å². The molecule has 8 nitrogen and oxygen atoms in total. The Bertz CT molecular complexity index is 1400. The first-order valence-corrected chi connectivity index (χ1v) is 36.9. The Labute approximate surface area is 499 Å². The van der Waals surface area contributed by atoms with E-state index in [0.717, 1.165) is 38.5 Å². The molecule has 0 spiro atoms. The van der Waals surface area contributed by atoms with Gasteiger partial charge in [-0.1, -0.05) is 333 Å². The third-order valence-corrected chi connectivity index (χ3v) is 17.3. The number of quaternary nitrogens is 1. The Kier molecular flexibility index (Phi) is 61.3. The largest absolute Gasteiger partial charge is 0.472 e. The van der Waals surface area contributed by atoms with Gasteiger partial charge in [0.05, 0.1) is 39.9 Å². The van der Waals surface area contributed by atoms with Gasteiger partial charge in [-0.2, -0.15) is 0 Å². The number of likely N-dealkylation sites (N-methyl/N-ethyl adjacent to an activating group) is 1. The van der Waals surface area contributed by atoms with Crippen molar-refractivity contribution in [2.45, 2.75) is 373 Å². The maximum absolute atomic E-state index is 13.0. The first-order valence-electron chi connectivity index (χ1n) is 35.4. The standard InChI is InChI=1S/C71H139N2O6P/c1-6-8-10-12-14-16-18-20-22-24-26-28-30-32-34-35-36-37-39-41-43-45-47-49-51-53-55-57-59-61-63-65-71(75)72-69(68-79-80(76,77)78-67-66-73(3,4)5)70(74)64-62-60-58-56-54-52-50-48-46-44-42-40-38-33-31-29-27-25-23-21-19-17-15-13-11-9-7-2/h24,26,54,56,62,64,69-70,74H,6-23,25,27-53,55,57-61,63,65-68H2,1-5H3,(H-,72,75,76,77)/p+1/b26-24-,56-54+,64-62+. The van der Waals surface area contributed by atoms with Crippen LogP contribution >= 0.6 is 7.82 Å². The Morgan fingerprint density at radius 1 is 0.412 bits per heavy atom. The SMILES string of the molecule is CCCCCCCCCC/C=C\CCCCCCCCCCCCCCCCCCCCCC(=O)NC(COP(=O)(O)OCC[N+](C)(C)C)C(O)/C=C/CC/C=C/CCCCCCCCCCCCCCCCCCCCCCC. The lowest BCUT2D eigenvalue weighted by atomic mass is 10.0. The molecule has 0 aliphatic heterocycles. The van der Waals surface area contributed by atoms with Crippen LogP contribution in [0.15, 0.2) is 36.5 Å². The van der Waals surface area contributed by atoms with E-state index in [9.17, 15) is 19.4 Å². The van der Waals surface area contributed by atoms with Crippen LogP contribution in [0.1, 0.15) is 361 Å². The summed E-state index contributed by atoms with van der Waals surface area (Å²) >= 11 is 0. The van der Waals surface area contributed by atoms with Crippen LogP contribution in [0.2, 0.25) is 0 Å². The van der Waals surface area contributed by atoms with E-state index in [1.54, 1.807) is 6.08 Å². The molecule has 0 saturated carbocycles. The van der Waals surface area contributed by atoms with Gasteiger partial charge in [-0.3, -0.25) is 13.8 Å². The molecule has 3 atom stereocenters. The number of hydrogen-bond acceptors (Lipinski definition) is 5. The third-order valence-electron chi connectivity index (χ3n) is 16.3. The van der Waals surface area contributed by atoms with Crippen molar-refractivity contribution in [2.24, 2.45) is 0 Å². The Morgan fingerprint density at radius 2 is 0.688 bits per heavy atom. The number of aliphatic hydroxyl groups excluding tert-OH is 1. The van der Waals surface area contributed by atoms with Gasteiger partial charge in [-0.25, -0.2) is 4.57 Å². The van der Waals surface area contributed by atoms with Crippen molar-refractivity contribution in [3.63, 3.8) is 0 Å². The summed E-state index contributed by atoms with van der Waals surface area (Å²) in [6, 6.07) is -0.863. The van der Waals surface area contributed by atoms with Crippen LogP contribution in [0.25, 0.3) is 0 Å². The molecule has 0 rings (SSSR count). The molecule has 474 valence electrons. The predicted octanol–water partition coefficient (Wildman–Crippen LogP) is 22.4. The molecule has 0 aromatic rings. The van der Waals surface area contributed by atoms with E-state index in [4.69, 9.17) is 9.05 Å². The minimum Gasteiger partial charge on any atom is -0.387 e. The Hall–Kier alpha value is -1.28. The summed E-state index contributed by atoms with van der Waals surface area (Å²) in [5.74, 6) is -0.179. The van der Waals surface area contributed by atoms with E-state index >= 15 is 0 Å². The molecule has 3 unspecified atom stereocenters. The predicted molar refractivity (Wildman–Crippen MR) is 351 cm³/mol. The number of nitrogens with zero attached hydrogens (tertiary/aromatic N) is 1. The van der Waals surface area contributed by atoms with Crippen molar-refractivity contribution < 1.29 is 32.9 Å². The van der Waals surface area contributed by atoms with Crippen molar-refractivity contribution in [1.29, 1.82) is 0 Å². The third kappa shape index (κ3) is 64.3. The van der Waals surface area contributed by atoms with Gasteiger partial charge in [-0.15, -0.1) is 0 Å². The van der Waals surface area contributed by atoms with Crippen molar-refractivity contribution in [3.05, 3.63) is 36.5 Å². The number of allylic oxidation sites excluding steroid dienone is 5. The highest BCUT2D eigenvalue weighted by Gasteiger charge is 2.28. The number of hydrogen-bond donors (Lipinski definition) is 3. The summed E-state index contributed by atoms with van der Waals surface area (Å²) in [5.41, 5.74) is 0. The van der Waals surface area contributed by atoms with Crippen LogP contribution in [-0.2, 0) is 18.4 Å². The summed E-state index contributed by atoms with van der Waals surface area (Å²) in [4.78, 5) is 23.4. The van der Waals surface area contributed by atoms with Crippen molar-refractivity contribution in [3.8, 4) is 0 Å². The normalized spacial score (nSPS) is 13.8. The highest BCUT2D eigenvalue weighted by Crippen LogP contribution is 2.43. The Morgan fingerprint density at radius 3 is 1.00 bits per heavy atom. The molecule has 0 saturated heterocycles. The highest BCUT2D eigenvalue weighted by atomic mass is 31.2. The van der Waals surface area contributed by atoms with E-state index in [1.807, 2.05) is 27.2 Å². The fourth-order valence-electron chi connectivity index (χ4n) is 10.8. The number of phosphoric acid groups is 1. The number of carbonyl (C=O) groups excluding carboxylic acids is 1. The molecule has 3 N–H and O–H groups in total. The summed E-state index contributed by atoms with van der Waals surface area (Å²) in [5, 5.41) is 14.0. The molecule has 0 radical (unpaired) electrons. The molecule has 0 heterocycles. The summed E-state index contributed by atoms with van der Waals surface area (Å²) < 4.78 is 23.8. The van der Waals surface area contributed by atoms with Crippen LogP contribution in [0.5, 0.6) is 0 Å². The molecular formula is C71H140N2O6P+. The maximum atomic E-state index is 13.0. The van der Waals surface area contributed by atoms with Crippen LogP contribution in [0, 0.1) is 0 Å². The number of nitrogens with one attached hydrogen (secondary N) is 1. The minimum absolute atomic E-state index is 0.0580. The monoisotopic (exact) mass is 1150 g/mol. The zero-order valence-electron chi connectivity index (χ0n) is 54.3. The van der Waals surface area contributed by atoms with E-state index in [-0.39, 0.29) is 19.1 Å². The van der Waals surface area contributed by atoms with Gasteiger partial charge in [0.25, 0.3) is 0 Å². The molecule has 0 aliphatic carbocycles. The Balaban J connectivity index is 4.07. The number of rotatable bonds is 66. The zero-order valence-corrected chi connectivity index (χ0v) is 55.2. The second-order valence-electron chi connectivity index (χ2n) is 25.6. The fraction of sp³-hybridized carbons (Fsp3) is 0.901. The van der Waals surface area contributed by atoms with Crippen LogP contribution in [-0.4, -0.2) is 73.4 Å². The van der Waals surface area contributed by atoms with Gasteiger partial charge in [0.2, 0.25) is 5.91 Å². The van der Waals surface area contributed by atoms with Crippen LogP contribution < -0.4 is 5.32 Å². The van der Waals surface area contributed by atoms with E-state index in [2.05, 4.69) is 43.5 Å². The smallest absolute Gasteiger partial charge is 0.387 e. The molecule has 0 aromatic heterocycles. The maximum Gasteiger partial charge on any atom is 0.472 e. The second-order valence-corrected chi connectivity index (χ2v) is 27.1. The average molecular weight is 1150 g/mol. The van der Waals surface area contributed by atoms with Gasteiger partial charge < -0.3 is 19.8 Å². The molecule has 0 aromatic carbocycles. The topological polar surface area (TPSA) is 105 Å². The number of unbranched alkanes of at least 4 members (excludes halogenated alkanes) is 49. The van der Waals surface area contributed by atoms with E-state index < -0.39 is 20.0 Å². The number of amides is 1. The molecule has 80 heavy (non-hydrogen) atoms. The first-order chi connectivity index (χ1) is 39.0. The van der Waals surface area contributed by atoms with Crippen molar-refractivity contribution >= 4 is 13.7 Å². The molecule has 9 heteroatoms. The number of carbonyl (C=O) groups is 1. The minimum atomic E-state index is -4.36. The highest BCUT2D eigenvalue weighted by molar-refractivity contribution is 7.47. The van der Waals surface area contributed by atoms with E-state index in [1.165, 1.54) is 302 Å². The second kappa shape index (κ2) is 62.3. The van der Waals surface area contributed by atoms with Gasteiger partial charge in [0.15, 0.2) is 0 Å². The lowest BCUT2D eigenvalue weighted by molar-refractivity contribution is -0.870. The lowest BCUT2D eigenvalue weighted by Crippen LogP contribution is -2.45. The lowest BCUT2D eigenvalue weighted by Gasteiger charge is -2.25. The summed E-state index contributed by atoms with van der Waals surface area (Å²) in [6.45, 7) is 4.85. The number of phosphoric ester groups is 1. The summed E-state index contributed by atoms with van der Waals surface area (Å²) in [6.07, 6.45) is 83.0. The fourth-order valence-corrected chi connectivity index (χ4v) is 11.6. The number of aliphatic hydroxyl groups is 1. The van der Waals surface area contributed by atoms with Crippen LogP contribution in [0.3, 0.4) is 0 Å². The quantitative estimate of drug-likeness (QED) is 0.0243.